The first kappa shape index (κ1) is 24.9. The van der Waals surface area contributed by atoms with Gasteiger partial charge in [0, 0.05) is 6.54 Å². The number of carbonyl (C=O) groups excluding carboxylic acids is 4. The normalized spacial score (nSPS) is 16.9. The second-order valence-corrected chi connectivity index (χ2v) is 8.15. The third-order valence-corrected chi connectivity index (χ3v) is 5.53. The highest BCUT2D eigenvalue weighted by Gasteiger charge is 2.38. The Morgan fingerprint density at radius 3 is 2.29 bits per heavy atom. The first-order chi connectivity index (χ1) is 16.3. The summed E-state index contributed by atoms with van der Waals surface area (Å²) in [6.07, 6.45) is 0.488. The number of nitrogens with one attached hydrogen (secondary N) is 1. The molecule has 0 aliphatic carbocycles. The monoisotopic (exact) mass is 467 g/mol. The van der Waals surface area contributed by atoms with Crippen molar-refractivity contribution in [2.45, 2.75) is 50.9 Å². The van der Waals surface area contributed by atoms with E-state index < -0.39 is 36.2 Å². The fraction of sp³-hybridized carbons (Fsp3) is 0.360. The maximum absolute atomic E-state index is 12.9. The molecule has 3 atom stereocenters. The minimum atomic E-state index is -1.11. The Balaban J connectivity index is 1.48. The SMILES string of the molecule is C[C@H](NC(=O)OCc1ccccc1)C(=O)OC(=O)[C@@H]1CCCN1C(=O)C(N)Cc1ccccc1. The van der Waals surface area contributed by atoms with Crippen LogP contribution in [0.25, 0.3) is 0 Å². The molecule has 1 aliphatic rings. The van der Waals surface area contributed by atoms with Crippen LogP contribution in [0.15, 0.2) is 60.7 Å². The van der Waals surface area contributed by atoms with Gasteiger partial charge in [0.1, 0.15) is 18.7 Å². The van der Waals surface area contributed by atoms with E-state index in [1.165, 1.54) is 11.8 Å². The van der Waals surface area contributed by atoms with Crippen molar-refractivity contribution in [1.29, 1.82) is 0 Å². The zero-order valence-electron chi connectivity index (χ0n) is 19.0. The van der Waals surface area contributed by atoms with Crippen LogP contribution < -0.4 is 11.1 Å². The molecule has 180 valence electrons. The van der Waals surface area contributed by atoms with Crippen LogP contribution in [0.3, 0.4) is 0 Å². The summed E-state index contributed by atoms with van der Waals surface area (Å²) in [4.78, 5) is 51.1. The Bertz CT molecular complexity index is 998. The third-order valence-electron chi connectivity index (χ3n) is 5.53. The number of nitrogens with zero attached hydrogens (tertiary/aromatic N) is 1. The molecule has 0 spiro atoms. The lowest BCUT2D eigenvalue weighted by molar-refractivity contribution is -0.165. The van der Waals surface area contributed by atoms with Crippen molar-refractivity contribution in [3.8, 4) is 0 Å². The van der Waals surface area contributed by atoms with Crippen LogP contribution in [-0.2, 0) is 36.9 Å². The van der Waals surface area contributed by atoms with Gasteiger partial charge in [0.25, 0.3) is 0 Å². The molecule has 3 N–H and O–H groups in total. The van der Waals surface area contributed by atoms with Gasteiger partial charge < -0.3 is 25.4 Å². The molecule has 1 unspecified atom stereocenters. The summed E-state index contributed by atoms with van der Waals surface area (Å²) in [5, 5.41) is 2.34. The van der Waals surface area contributed by atoms with Crippen LogP contribution in [0, 0.1) is 0 Å². The molecule has 34 heavy (non-hydrogen) atoms. The zero-order chi connectivity index (χ0) is 24.5. The number of carbonyl (C=O) groups is 4. The van der Waals surface area contributed by atoms with Crippen molar-refractivity contribution < 1.29 is 28.7 Å². The Morgan fingerprint density at radius 2 is 1.65 bits per heavy atom. The highest BCUT2D eigenvalue weighted by molar-refractivity contribution is 5.94. The summed E-state index contributed by atoms with van der Waals surface area (Å²) >= 11 is 0. The van der Waals surface area contributed by atoms with Crippen LogP contribution in [0.2, 0.25) is 0 Å². The molecule has 3 rings (SSSR count). The molecule has 2 aromatic carbocycles. The second-order valence-electron chi connectivity index (χ2n) is 8.15. The van der Waals surface area contributed by atoms with E-state index >= 15 is 0 Å². The molecule has 1 heterocycles. The predicted octanol–water partition coefficient (Wildman–Crippen LogP) is 1.93. The number of rotatable bonds is 8. The first-order valence-electron chi connectivity index (χ1n) is 11.2. The van der Waals surface area contributed by atoms with E-state index in [0.29, 0.717) is 25.8 Å². The number of ether oxygens (including phenoxy) is 2. The van der Waals surface area contributed by atoms with E-state index in [9.17, 15) is 19.2 Å². The van der Waals surface area contributed by atoms with Crippen molar-refractivity contribution >= 4 is 23.9 Å². The summed E-state index contributed by atoms with van der Waals surface area (Å²) in [5.41, 5.74) is 7.80. The van der Waals surface area contributed by atoms with Crippen LogP contribution in [0.1, 0.15) is 30.9 Å². The van der Waals surface area contributed by atoms with Gasteiger partial charge in [0.05, 0.1) is 6.04 Å². The molecular formula is C25H29N3O6. The highest BCUT2D eigenvalue weighted by atomic mass is 16.6. The Labute approximate surface area is 198 Å². The molecule has 2 aromatic rings. The van der Waals surface area contributed by atoms with Gasteiger partial charge in [0.2, 0.25) is 5.91 Å². The lowest BCUT2D eigenvalue weighted by Crippen LogP contribution is -2.50. The quantitative estimate of drug-likeness (QED) is 0.448. The van der Waals surface area contributed by atoms with E-state index in [-0.39, 0.29) is 12.5 Å². The maximum Gasteiger partial charge on any atom is 0.408 e. The van der Waals surface area contributed by atoms with Crippen LogP contribution >= 0.6 is 0 Å². The number of likely N-dealkylation sites (tertiary alicyclic amines) is 1. The molecule has 1 aliphatic heterocycles. The van der Waals surface area contributed by atoms with Gasteiger partial charge in [-0.25, -0.2) is 14.4 Å². The van der Waals surface area contributed by atoms with Gasteiger partial charge in [0.15, 0.2) is 0 Å². The lowest BCUT2D eigenvalue weighted by atomic mass is 10.1. The molecule has 0 aromatic heterocycles. The van der Waals surface area contributed by atoms with E-state index in [1.807, 2.05) is 48.5 Å². The topological polar surface area (TPSA) is 128 Å². The van der Waals surface area contributed by atoms with Crippen LogP contribution in [-0.4, -0.2) is 53.5 Å². The Kier molecular flexibility index (Phi) is 8.75. The summed E-state index contributed by atoms with van der Waals surface area (Å²) < 4.78 is 10.0. The van der Waals surface area contributed by atoms with Crippen molar-refractivity contribution in [3.63, 3.8) is 0 Å². The molecular weight excluding hydrogens is 438 g/mol. The summed E-state index contributed by atoms with van der Waals surface area (Å²) in [6, 6.07) is 15.6. The molecule has 0 saturated carbocycles. The minimum absolute atomic E-state index is 0.0375. The smallest absolute Gasteiger partial charge is 0.408 e. The lowest BCUT2D eigenvalue weighted by Gasteiger charge is -2.26. The highest BCUT2D eigenvalue weighted by Crippen LogP contribution is 2.20. The number of hydrogen-bond donors (Lipinski definition) is 2. The van der Waals surface area contributed by atoms with Gasteiger partial charge in [-0.3, -0.25) is 4.79 Å². The summed E-state index contributed by atoms with van der Waals surface area (Å²) in [7, 11) is 0. The fourth-order valence-corrected chi connectivity index (χ4v) is 3.70. The van der Waals surface area contributed by atoms with Crippen LogP contribution in [0.4, 0.5) is 4.79 Å². The summed E-state index contributed by atoms with van der Waals surface area (Å²) in [6.45, 7) is 1.78. The predicted molar refractivity (Wildman–Crippen MR) is 123 cm³/mol. The first-order valence-corrected chi connectivity index (χ1v) is 11.2. The second kappa shape index (κ2) is 11.9. The number of benzene rings is 2. The number of hydrogen-bond acceptors (Lipinski definition) is 7. The van der Waals surface area contributed by atoms with Gasteiger partial charge >= 0.3 is 18.0 Å². The van der Waals surface area contributed by atoms with Gasteiger partial charge in [-0.2, -0.15) is 0 Å². The number of esters is 2. The van der Waals surface area contributed by atoms with E-state index in [0.717, 1.165) is 11.1 Å². The minimum Gasteiger partial charge on any atom is -0.445 e. The fourth-order valence-electron chi connectivity index (χ4n) is 3.70. The van der Waals surface area contributed by atoms with Gasteiger partial charge in [-0.15, -0.1) is 0 Å². The number of nitrogens with two attached hydrogens (primary N) is 1. The third kappa shape index (κ3) is 6.89. The molecule has 1 fully saturated rings. The van der Waals surface area contributed by atoms with Gasteiger partial charge in [-0.1, -0.05) is 60.7 Å². The largest absolute Gasteiger partial charge is 0.445 e. The Hall–Kier alpha value is -3.72. The van der Waals surface area contributed by atoms with Crippen molar-refractivity contribution in [2.75, 3.05) is 6.54 Å². The van der Waals surface area contributed by atoms with Gasteiger partial charge in [-0.05, 0) is 37.3 Å². The molecule has 9 nitrogen and oxygen atoms in total. The standard InChI is InChI=1S/C25H29N3O6/c1-17(27-25(32)33-16-19-11-6-3-7-12-19)23(30)34-24(31)21-13-8-14-28(21)22(29)20(26)15-18-9-4-2-5-10-18/h2-7,9-12,17,20-21H,8,13-16,26H2,1H3,(H,27,32)/t17-,20?,21-/m0/s1. The number of amides is 2. The van der Waals surface area contributed by atoms with Crippen molar-refractivity contribution in [2.24, 2.45) is 5.73 Å². The number of alkyl carbamates (subject to hydrolysis) is 1. The summed E-state index contributed by atoms with van der Waals surface area (Å²) in [5.74, 6) is -2.14. The molecule has 0 bridgehead atoms. The van der Waals surface area contributed by atoms with Crippen LogP contribution in [0.5, 0.6) is 0 Å². The molecule has 2 amide bonds. The molecule has 1 saturated heterocycles. The van der Waals surface area contributed by atoms with E-state index in [4.69, 9.17) is 15.2 Å². The van der Waals surface area contributed by atoms with Crippen molar-refractivity contribution in [1.82, 2.24) is 10.2 Å². The average Bonchev–Trinajstić information content (AvgIpc) is 3.33. The zero-order valence-corrected chi connectivity index (χ0v) is 19.0. The van der Waals surface area contributed by atoms with E-state index in [2.05, 4.69) is 5.32 Å². The Morgan fingerprint density at radius 1 is 1.03 bits per heavy atom. The van der Waals surface area contributed by atoms with Crippen molar-refractivity contribution in [3.05, 3.63) is 71.8 Å². The molecule has 9 heteroatoms. The molecule has 0 radical (unpaired) electrons. The van der Waals surface area contributed by atoms with E-state index in [1.54, 1.807) is 12.1 Å². The maximum atomic E-state index is 12.9. The average molecular weight is 468 g/mol.